The predicted octanol–water partition coefficient (Wildman–Crippen LogP) is 1.80. The Labute approximate surface area is 74.5 Å². The van der Waals surface area contributed by atoms with E-state index in [-0.39, 0.29) is 5.92 Å². The SMILES string of the molecule is CC=CCN1CCCC(C#N)C1. The van der Waals surface area contributed by atoms with Gasteiger partial charge in [0.25, 0.3) is 0 Å². The van der Waals surface area contributed by atoms with E-state index in [0.29, 0.717) is 0 Å². The van der Waals surface area contributed by atoms with Crippen LogP contribution in [0.3, 0.4) is 0 Å². The summed E-state index contributed by atoms with van der Waals surface area (Å²) in [4.78, 5) is 2.34. The molecule has 1 fully saturated rings. The van der Waals surface area contributed by atoms with Crippen LogP contribution in [-0.2, 0) is 0 Å². The molecule has 1 atom stereocenters. The van der Waals surface area contributed by atoms with E-state index >= 15 is 0 Å². The predicted molar refractivity (Wildman–Crippen MR) is 49.6 cm³/mol. The molecule has 1 aliphatic heterocycles. The summed E-state index contributed by atoms with van der Waals surface area (Å²) in [5.74, 6) is 0.268. The van der Waals surface area contributed by atoms with E-state index in [9.17, 15) is 0 Å². The van der Waals surface area contributed by atoms with Crippen molar-refractivity contribution < 1.29 is 0 Å². The molecule has 1 heterocycles. The second kappa shape index (κ2) is 4.95. The summed E-state index contributed by atoms with van der Waals surface area (Å²) in [7, 11) is 0. The van der Waals surface area contributed by atoms with Crippen LogP contribution in [0.5, 0.6) is 0 Å². The maximum atomic E-state index is 8.74. The molecule has 2 nitrogen and oxygen atoms in total. The maximum absolute atomic E-state index is 8.74. The van der Waals surface area contributed by atoms with E-state index in [1.54, 1.807) is 0 Å². The Hall–Kier alpha value is -0.810. The van der Waals surface area contributed by atoms with Gasteiger partial charge in [-0.3, -0.25) is 4.90 Å². The standard InChI is InChI=1S/C10H16N2/c1-2-3-6-12-7-4-5-10(8-11)9-12/h2-3,10H,4-7,9H2,1H3. The van der Waals surface area contributed by atoms with Crippen LogP contribution in [0, 0.1) is 17.2 Å². The van der Waals surface area contributed by atoms with Gasteiger partial charge in [0.05, 0.1) is 12.0 Å². The van der Waals surface area contributed by atoms with E-state index in [2.05, 4.69) is 23.1 Å². The third-order valence-corrected chi connectivity index (χ3v) is 2.29. The summed E-state index contributed by atoms with van der Waals surface area (Å²) in [5, 5.41) is 8.74. The molecule has 0 N–H and O–H groups in total. The summed E-state index contributed by atoms with van der Waals surface area (Å²) < 4.78 is 0. The second-order valence-electron chi connectivity index (χ2n) is 3.30. The van der Waals surface area contributed by atoms with Gasteiger partial charge in [0.15, 0.2) is 0 Å². The Bertz CT molecular complexity index is 191. The molecule has 0 aromatic carbocycles. The smallest absolute Gasteiger partial charge is 0.0669 e. The number of hydrogen-bond donors (Lipinski definition) is 0. The molecule has 0 radical (unpaired) electrons. The van der Waals surface area contributed by atoms with Crippen LogP contribution in [0.1, 0.15) is 19.8 Å². The summed E-state index contributed by atoms with van der Waals surface area (Å²) in [6.45, 7) is 5.16. The van der Waals surface area contributed by atoms with Crippen LogP contribution in [0.25, 0.3) is 0 Å². The number of piperidine rings is 1. The van der Waals surface area contributed by atoms with Crippen molar-refractivity contribution in [3.05, 3.63) is 12.2 Å². The molecule has 66 valence electrons. The molecule has 1 aliphatic rings. The molecule has 0 aromatic heterocycles. The van der Waals surface area contributed by atoms with Gasteiger partial charge in [-0.25, -0.2) is 0 Å². The molecule has 1 unspecified atom stereocenters. The highest BCUT2D eigenvalue weighted by molar-refractivity contribution is 4.91. The van der Waals surface area contributed by atoms with Gasteiger partial charge < -0.3 is 0 Å². The normalized spacial score (nSPS) is 25.8. The molecule has 12 heavy (non-hydrogen) atoms. The summed E-state index contributed by atoms with van der Waals surface area (Å²) in [6, 6.07) is 2.34. The number of rotatable bonds is 2. The third kappa shape index (κ3) is 2.67. The summed E-state index contributed by atoms with van der Waals surface area (Å²) >= 11 is 0. The highest BCUT2D eigenvalue weighted by Gasteiger charge is 2.17. The van der Waals surface area contributed by atoms with Crippen molar-refractivity contribution in [3.63, 3.8) is 0 Å². The first kappa shape index (κ1) is 9.28. The molecule has 0 amide bonds. The Morgan fingerprint density at radius 2 is 2.50 bits per heavy atom. The van der Waals surface area contributed by atoms with E-state index in [1.165, 1.54) is 6.42 Å². The van der Waals surface area contributed by atoms with E-state index in [1.807, 2.05) is 6.92 Å². The van der Waals surface area contributed by atoms with Gasteiger partial charge >= 0.3 is 0 Å². The number of nitriles is 1. The zero-order chi connectivity index (χ0) is 8.81. The van der Waals surface area contributed by atoms with Crippen molar-refractivity contribution in [1.82, 2.24) is 4.90 Å². The average Bonchev–Trinajstić information content (AvgIpc) is 2.15. The first-order valence-corrected chi connectivity index (χ1v) is 4.60. The van der Waals surface area contributed by atoms with E-state index in [0.717, 1.165) is 26.1 Å². The fourth-order valence-electron chi connectivity index (χ4n) is 1.58. The molecule has 2 heteroatoms. The van der Waals surface area contributed by atoms with Gasteiger partial charge in [0.2, 0.25) is 0 Å². The molecule has 0 aliphatic carbocycles. The summed E-state index contributed by atoms with van der Waals surface area (Å²) in [5.41, 5.74) is 0. The molecule has 0 aromatic rings. The van der Waals surface area contributed by atoms with Crippen molar-refractivity contribution in [2.45, 2.75) is 19.8 Å². The lowest BCUT2D eigenvalue weighted by Gasteiger charge is -2.28. The van der Waals surface area contributed by atoms with Crippen LogP contribution in [-0.4, -0.2) is 24.5 Å². The first-order chi connectivity index (χ1) is 5.86. The van der Waals surface area contributed by atoms with E-state index < -0.39 is 0 Å². The topological polar surface area (TPSA) is 27.0 Å². The molecule has 0 saturated carbocycles. The molecular weight excluding hydrogens is 148 g/mol. The minimum Gasteiger partial charge on any atom is -0.298 e. The molecule has 0 spiro atoms. The lowest BCUT2D eigenvalue weighted by atomic mass is 10.00. The Morgan fingerprint density at radius 1 is 1.67 bits per heavy atom. The monoisotopic (exact) mass is 164 g/mol. The summed E-state index contributed by atoms with van der Waals surface area (Å²) in [6.07, 6.45) is 6.48. The van der Waals surface area contributed by atoms with Crippen molar-refractivity contribution in [2.75, 3.05) is 19.6 Å². The number of likely N-dealkylation sites (tertiary alicyclic amines) is 1. The molecular formula is C10H16N2. The van der Waals surface area contributed by atoms with Crippen LogP contribution < -0.4 is 0 Å². The van der Waals surface area contributed by atoms with Crippen molar-refractivity contribution in [1.29, 1.82) is 5.26 Å². The number of hydrogen-bond acceptors (Lipinski definition) is 2. The Balaban J connectivity index is 2.31. The zero-order valence-corrected chi connectivity index (χ0v) is 7.66. The average molecular weight is 164 g/mol. The van der Waals surface area contributed by atoms with Crippen molar-refractivity contribution >= 4 is 0 Å². The fourth-order valence-corrected chi connectivity index (χ4v) is 1.58. The molecule has 1 rings (SSSR count). The van der Waals surface area contributed by atoms with Gasteiger partial charge in [-0.15, -0.1) is 0 Å². The quantitative estimate of drug-likeness (QED) is 0.582. The first-order valence-electron chi connectivity index (χ1n) is 4.60. The Kier molecular flexibility index (Phi) is 3.83. The zero-order valence-electron chi connectivity index (χ0n) is 7.66. The van der Waals surface area contributed by atoms with Gasteiger partial charge in [0, 0.05) is 13.1 Å². The lowest BCUT2D eigenvalue weighted by Crippen LogP contribution is -2.34. The van der Waals surface area contributed by atoms with Crippen LogP contribution in [0.4, 0.5) is 0 Å². The van der Waals surface area contributed by atoms with Gasteiger partial charge in [-0.2, -0.15) is 5.26 Å². The highest BCUT2D eigenvalue weighted by atomic mass is 15.1. The van der Waals surface area contributed by atoms with Crippen molar-refractivity contribution in [2.24, 2.45) is 5.92 Å². The minimum atomic E-state index is 0.268. The largest absolute Gasteiger partial charge is 0.298 e. The maximum Gasteiger partial charge on any atom is 0.0669 e. The molecule has 0 bridgehead atoms. The number of nitrogens with zero attached hydrogens (tertiary/aromatic N) is 2. The van der Waals surface area contributed by atoms with Gasteiger partial charge in [-0.1, -0.05) is 12.2 Å². The van der Waals surface area contributed by atoms with Gasteiger partial charge in [0.1, 0.15) is 0 Å². The van der Waals surface area contributed by atoms with Crippen molar-refractivity contribution in [3.8, 4) is 6.07 Å². The van der Waals surface area contributed by atoms with E-state index in [4.69, 9.17) is 5.26 Å². The Morgan fingerprint density at radius 3 is 3.17 bits per heavy atom. The second-order valence-corrected chi connectivity index (χ2v) is 3.30. The third-order valence-electron chi connectivity index (χ3n) is 2.29. The van der Waals surface area contributed by atoms with Crippen LogP contribution in [0.2, 0.25) is 0 Å². The lowest BCUT2D eigenvalue weighted by molar-refractivity contribution is 0.219. The minimum absolute atomic E-state index is 0.268. The molecule has 1 saturated heterocycles. The number of allylic oxidation sites excluding steroid dienone is 1. The van der Waals surface area contributed by atoms with Crippen LogP contribution in [0.15, 0.2) is 12.2 Å². The van der Waals surface area contributed by atoms with Crippen LogP contribution >= 0.6 is 0 Å². The highest BCUT2D eigenvalue weighted by Crippen LogP contribution is 2.14. The van der Waals surface area contributed by atoms with Gasteiger partial charge in [-0.05, 0) is 26.3 Å². The fraction of sp³-hybridized carbons (Fsp3) is 0.700.